The standard InChI is InChI=1S/C18H24N4O3.ClH/c1-12-20-16(25-22-12)11-24-14-8-6-13(7-9-14)21-17(23)15-5-3-4-10-18(15,2)19;/h6-9,15H,3-5,10-11,19H2,1-2H3,(H,21,23);1H. The maximum Gasteiger partial charge on any atom is 0.264 e. The van der Waals surface area contributed by atoms with Crippen molar-refractivity contribution in [1.82, 2.24) is 10.1 Å². The number of nitrogens with zero attached hydrogens (tertiary/aromatic N) is 2. The summed E-state index contributed by atoms with van der Waals surface area (Å²) in [6.45, 7) is 3.93. The van der Waals surface area contributed by atoms with E-state index in [0.29, 0.717) is 17.5 Å². The fourth-order valence-corrected chi connectivity index (χ4v) is 3.20. The molecule has 142 valence electrons. The van der Waals surface area contributed by atoms with Gasteiger partial charge in [0.15, 0.2) is 12.4 Å². The van der Waals surface area contributed by atoms with Gasteiger partial charge in [0.1, 0.15) is 5.75 Å². The fraction of sp³-hybridized carbons (Fsp3) is 0.500. The van der Waals surface area contributed by atoms with Crippen LogP contribution >= 0.6 is 12.4 Å². The molecule has 1 heterocycles. The number of rotatable bonds is 5. The zero-order valence-corrected chi connectivity index (χ0v) is 15.8. The summed E-state index contributed by atoms with van der Waals surface area (Å²) in [5, 5.41) is 6.66. The minimum atomic E-state index is -0.437. The Hall–Kier alpha value is -2.12. The number of hydrogen-bond donors (Lipinski definition) is 2. The molecular formula is C18H25ClN4O3. The summed E-state index contributed by atoms with van der Waals surface area (Å²) < 4.78 is 10.6. The summed E-state index contributed by atoms with van der Waals surface area (Å²) in [5.41, 5.74) is 6.59. The van der Waals surface area contributed by atoms with Crippen molar-refractivity contribution >= 4 is 24.0 Å². The highest BCUT2D eigenvalue weighted by Gasteiger charge is 2.37. The van der Waals surface area contributed by atoms with E-state index in [9.17, 15) is 4.79 Å². The molecule has 3 rings (SSSR count). The van der Waals surface area contributed by atoms with Gasteiger partial charge >= 0.3 is 0 Å². The molecule has 1 aliphatic rings. The van der Waals surface area contributed by atoms with Gasteiger partial charge in [-0.15, -0.1) is 12.4 Å². The van der Waals surface area contributed by atoms with Crippen LogP contribution in [0.2, 0.25) is 0 Å². The molecule has 1 aliphatic carbocycles. The summed E-state index contributed by atoms with van der Waals surface area (Å²) >= 11 is 0. The number of ether oxygens (including phenoxy) is 1. The van der Waals surface area contributed by atoms with Crippen LogP contribution in [0.4, 0.5) is 5.69 Å². The van der Waals surface area contributed by atoms with Crippen LogP contribution in [0.25, 0.3) is 0 Å². The summed E-state index contributed by atoms with van der Waals surface area (Å²) in [5.74, 6) is 1.49. The maximum absolute atomic E-state index is 12.5. The first-order chi connectivity index (χ1) is 11.9. The number of carbonyl (C=O) groups excluding carboxylic acids is 1. The molecule has 2 unspecified atom stereocenters. The molecule has 2 atom stereocenters. The molecule has 1 aromatic carbocycles. The Morgan fingerprint density at radius 2 is 2.12 bits per heavy atom. The van der Waals surface area contributed by atoms with Gasteiger partial charge in [0.25, 0.3) is 5.89 Å². The molecule has 8 heteroatoms. The first-order valence-corrected chi connectivity index (χ1v) is 8.56. The van der Waals surface area contributed by atoms with Crippen LogP contribution in [0.5, 0.6) is 5.75 Å². The largest absolute Gasteiger partial charge is 0.484 e. The maximum atomic E-state index is 12.5. The molecule has 1 aromatic heterocycles. The molecule has 0 saturated heterocycles. The van der Waals surface area contributed by atoms with Gasteiger partial charge in [-0.2, -0.15) is 4.98 Å². The van der Waals surface area contributed by atoms with Crippen LogP contribution in [0, 0.1) is 12.8 Å². The van der Waals surface area contributed by atoms with E-state index in [4.69, 9.17) is 15.0 Å². The highest BCUT2D eigenvalue weighted by Crippen LogP contribution is 2.32. The second-order valence-electron chi connectivity index (χ2n) is 6.84. The van der Waals surface area contributed by atoms with E-state index < -0.39 is 5.54 Å². The Kier molecular flexibility index (Phi) is 6.61. The quantitative estimate of drug-likeness (QED) is 0.825. The van der Waals surface area contributed by atoms with Crippen molar-refractivity contribution in [3.63, 3.8) is 0 Å². The van der Waals surface area contributed by atoms with Crippen LogP contribution in [0.3, 0.4) is 0 Å². The topological polar surface area (TPSA) is 103 Å². The third-order valence-electron chi connectivity index (χ3n) is 4.62. The average molecular weight is 381 g/mol. The highest BCUT2D eigenvalue weighted by atomic mass is 35.5. The van der Waals surface area contributed by atoms with Gasteiger partial charge in [-0.25, -0.2) is 0 Å². The molecule has 0 spiro atoms. The Labute approximate surface area is 159 Å². The summed E-state index contributed by atoms with van der Waals surface area (Å²) in [4.78, 5) is 16.6. The van der Waals surface area contributed by atoms with Crippen molar-refractivity contribution in [2.75, 3.05) is 5.32 Å². The van der Waals surface area contributed by atoms with Crippen LogP contribution < -0.4 is 15.8 Å². The smallest absolute Gasteiger partial charge is 0.264 e. The van der Waals surface area contributed by atoms with Crippen molar-refractivity contribution in [3.05, 3.63) is 36.0 Å². The van der Waals surface area contributed by atoms with E-state index >= 15 is 0 Å². The van der Waals surface area contributed by atoms with Crippen molar-refractivity contribution in [3.8, 4) is 5.75 Å². The summed E-state index contributed by atoms with van der Waals surface area (Å²) in [6.07, 6.45) is 3.85. The van der Waals surface area contributed by atoms with E-state index in [1.807, 2.05) is 19.1 Å². The first-order valence-electron chi connectivity index (χ1n) is 8.56. The van der Waals surface area contributed by atoms with Gasteiger partial charge in [0.05, 0.1) is 5.92 Å². The van der Waals surface area contributed by atoms with Crippen LogP contribution in [-0.2, 0) is 11.4 Å². The number of nitrogens with two attached hydrogens (primary N) is 1. The molecule has 1 fully saturated rings. The number of aryl methyl sites for hydroxylation is 1. The number of amides is 1. The second-order valence-corrected chi connectivity index (χ2v) is 6.84. The van der Waals surface area contributed by atoms with Crippen molar-refractivity contribution in [1.29, 1.82) is 0 Å². The lowest BCUT2D eigenvalue weighted by Crippen LogP contribution is -2.51. The second kappa shape index (κ2) is 8.51. The number of nitrogens with one attached hydrogen (secondary N) is 1. The normalized spacial score (nSPS) is 22.3. The Bertz CT molecular complexity index is 730. The zero-order valence-electron chi connectivity index (χ0n) is 15.0. The van der Waals surface area contributed by atoms with E-state index in [2.05, 4.69) is 15.5 Å². The number of anilines is 1. The Morgan fingerprint density at radius 3 is 2.73 bits per heavy atom. The molecule has 0 radical (unpaired) electrons. The number of benzene rings is 1. The van der Waals surface area contributed by atoms with Crippen LogP contribution in [-0.4, -0.2) is 21.6 Å². The predicted octanol–water partition coefficient (Wildman–Crippen LogP) is 3.22. The van der Waals surface area contributed by atoms with E-state index in [1.54, 1.807) is 19.1 Å². The number of hydrogen-bond acceptors (Lipinski definition) is 6. The molecule has 0 aliphatic heterocycles. The zero-order chi connectivity index (χ0) is 17.9. The number of carbonyl (C=O) groups is 1. The van der Waals surface area contributed by atoms with Gasteiger partial charge in [-0.3, -0.25) is 4.79 Å². The van der Waals surface area contributed by atoms with Crippen LogP contribution in [0.15, 0.2) is 28.8 Å². The minimum absolute atomic E-state index is 0. The monoisotopic (exact) mass is 380 g/mol. The molecule has 26 heavy (non-hydrogen) atoms. The van der Waals surface area contributed by atoms with E-state index in [-0.39, 0.29) is 30.8 Å². The van der Waals surface area contributed by atoms with Crippen molar-refractivity contribution < 1.29 is 14.1 Å². The van der Waals surface area contributed by atoms with Gasteiger partial charge < -0.3 is 20.3 Å². The molecule has 1 saturated carbocycles. The average Bonchev–Trinajstić information content (AvgIpc) is 2.99. The Morgan fingerprint density at radius 1 is 1.38 bits per heavy atom. The Balaban J connectivity index is 0.00000243. The molecule has 0 bridgehead atoms. The summed E-state index contributed by atoms with van der Waals surface area (Å²) in [6, 6.07) is 7.20. The third-order valence-corrected chi connectivity index (χ3v) is 4.62. The SMILES string of the molecule is Cc1noc(COc2ccc(NC(=O)C3CCCCC3(C)N)cc2)n1.Cl. The van der Waals surface area contributed by atoms with Crippen molar-refractivity contribution in [2.24, 2.45) is 11.7 Å². The molecular weight excluding hydrogens is 356 g/mol. The fourth-order valence-electron chi connectivity index (χ4n) is 3.20. The van der Waals surface area contributed by atoms with E-state index in [1.165, 1.54) is 0 Å². The number of aromatic nitrogens is 2. The van der Waals surface area contributed by atoms with Gasteiger partial charge in [0, 0.05) is 11.2 Å². The third kappa shape index (κ3) is 4.95. The molecule has 2 aromatic rings. The summed E-state index contributed by atoms with van der Waals surface area (Å²) in [7, 11) is 0. The van der Waals surface area contributed by atoms with Gasteiger partial charge in [-0.05, 0) is 51.0 Å². The van der Waals surface area contributed by atoms with Crippen molar-refractivity contribution in [2.45, 2.75) is 51.7 Å². The number of halogens is 1. The van der Waals surface area contributed by atoms with Gasteiger partial charge in [0.2, 0.25) is 5.91 Å². The molecule has 3 N–H and O–H groups in total. The highest BCUT2D eigenvalue weighted by molar-refractivity contribution is 5.93. The molecule has 1 amide bonds. The van der Waals surface area contributed by atoms with Gasteiger partial charge in [-0.1, -0.05) is 18.0 Å². The first kappa shape index (κ1) is 20.2. The minimum Gasteiger partial charge on any atom is -0.484 e. The molecule has 7 nitrogen and oxygen atoms in total. The van der Waals surface area contributed by atoms with E-state index in [0.717, 1.165) is 31.4 Å². The lowest BCUT2D eigenvalue weighted by atomic mass is 9.74. The lowest BCUT2D eigenvalue weighted by molar-refractivity contribution is -0.122. The van der Waals surface area contributed by atoms with Crippen LogP contribution in [0.1, 0.15) is 44.3 Å². The lowest BCUT2D eigenvalue weighted by Gasteiger charge is -2.37. The predicted molar refractivity (Wildman–Crippen MR) is 100 cm³/mol.